The van der Waals surface area contributed by atoms with Crippen LogP contribution in [0.15, 0.2) is 47.4 Å². The zero-order valence-electron chi connectivity index (χ0n) is 14.5. The summed E-state index contributed by atoms with van der Waals surface area (Å²) >= 11 is 0. The Labute approximate surface area is 154 Å². The number of sulfonamides is 1. The lowest BCUT2D eigenvalue weighted by atomic mass is 9.90. The predicted octanol–water partition coefficient (Wildman–Crippen LogP) is 2.27. The molecule has 0 bridgehead atoms. The average Bonchev–Trinajstić information content (AvgIpc) is 3.05. The highest BCUT2D eigenvalue weighted by atomic mass is 32.2. The summed E-state index contributed by atoms with van der Waals surface area (Å²) in [5, 5.41) is 3.35. The first-order valence-corrected chi connectivity index (χ1v) is 10.7. The molecule has 0 saturated carbocycles. The number of hydrogen-bond donors (Lipinski definition) is 1. The lowest BCUT2D eigenvalue weighted by Gasteiger charge is -2.28. The van der Waals surface area contributed by atoms with E-state index in [0.717, 1.165) is 42.8 Å². The number of benzene rings is 2. The first-order chi connectivity index (χ1) is 12.6. The number of hydrogen-bond acceptors (Lipinski definition) is 4. The summed E-state index contributed by atoms with van der Waals surface area (Å²) in [5.41, 5.74) is 3.40. The molecule has 2 aromatic carbocycles. The number of fused-ring (bicyclic) bond motifs is 4. The van der Waals surface area contributed by atoms with Gasteiger partial charge < -0.3 is 10.1 Å². The second-order valence-corrected chi connectivity index (χ2v) is 9.25. The molecule has 2 aromatic rings. The number of ether oxygens (including phenoxy) is 1. The van der Waals surface area contributed by atoms with E-state index in [1.54, 1.807) is 10.4 Å². The van der Waals surface area contributed by atoms with Gasteiger partial charge in [0, 0.05) is 31.1 Å². The Bertz CT molecular complexity index is 957. The smallest absolute Gasteiger partial charge is 0.243 e. The van der Waals surface area contributed by atoms with Crippen LogP contribution in [0.1, 0.15) is 29.0 Å². The van der Waals surface area contributed by atoms with Gasteiger partial charge in [0.15, 0.2) is 0 Å². The van der Waals surface area contributed by atoms with E-state index in [1.165, 1.54) is 5.56 Å². The average molecular weight is 370 g/mol. The fraction of sp³-hybridized carbons (Fsp3) is 0.400. The molecule has 0 spiro atoms. The van der Waals surface area contributed by atoms with Crippen LogP contribution in [0.2, 0.25) is 0 Å². The van der Waals surface area contributed by atoms with Gasteiger partial charge in [0.2, 0.25) is 10.0 Å². The molecule has 3 heterocycles. The molecule has 136 valence electrons. The van der Waals surface area contributed by atoms with Crippen LogP contribution in [0.4, 0.5) is 0 Å². The van der Waals surface area contributed by atoms with E-state index in [0.29, 0.717) is 23.9 Å². The molecule has 2 atom stereocenters. The Morgan fingerprint density at radius 2 is 1.96 bits per heavy atom. The van der Waals surface area contributed by atoms with Gasteiger partial charge in [0.05, 0.1) is 4.90 Å². The molecule has 0 aliphatic carbocycles. The van der Waals surface area contributed by atoms with E-state index in [-0.39, 0.29) is 6.10 Å². The zero-order chi connectivity index (χ0) is 17.7. The van der Waals surface area contributed by atoms with Crippen molar-refractivity contribution < 1.29 is 13.2 Å². The largest absolute Gasteiger partial charge is 0.488 e. The third-order valence-corrected chi connectivity index (χ3v) is 7.66. The van der Waals surface area contributed by atoms with Gasteiger partial charge in [-0.25, -0.2) is 8.42 Å². The van der Waals surface area contributed by atoms with Gasteiger partial charge in [0.1, 0.15) is 11.9 Å². The summed E-state index contributed by atoms with van der Waals surface area (Å²) in [5.74, 6) is 1.13. The molecule has 0 aromatic heterocycles. The standard InChI is InChI=1S/C20H22N2O3S/c23-26(24,22-10-8-14-3-1-2-4-15(14)13-22)16-5-6-19-18(11-16)17-7-9-21-12-20(17)25-19/h1-6,11,17,20-21H,7-10,12-13H2. The Morgan fingerprint density at radius 3 is 2.85 bits per heavy atom. The molecule has 3 aliphatic rings. The molecular weight excluding hydrogens is 348 g/mol. The maximum atomic E-state index is 13.2. The highest BCUT2D eigenvalue weighted by Gasteiger charge is 2.37. The van der Waals surface area contributed by atoms with Crippen molar-refractivity contribution in [2.45, 2.75) is 36.3 Å². The number of nitrogens with one attached hydrogen (secondary N) is 1. The lowest BCUT2D eigenvalue weighted by Crippen LogP contribution is -2.39. The highest BCUT2D eigenvalue weighted by Crippen LogP contribution is 2.42. The summed E-state index contributed by atoms with van der Waals surface area (Å²) in [7, 11) is -3.50. The molecule has 1 N–H and O–H groups in total. The van der Waals surface area contributed by atoms with Gasteiger partial charge in [-0.15, -0.1) is 0 Å². The van der Waals surface area contributed by atoms with E-state index in [2.05, 4.69) is 11.4 Å². The van der Waals surface area contributed by atoms with Gasteiger partial charge in [0.25, 0.3) is 0 Å². The molecule has 6 heteroatoms. The van der Waals surface area contributed by atoms with Crippen LogP contribution in [-0.4, -0.2) is 38.5 Å². The number of nitrogens with zero attached hydrogens (tertiary/aromatic N) is 1. The molecular formula is C20H22N2O3S. The van der Waals surface area contributed by atoms with Crippen molar-refractivity contribution in [1.29, 1.82) is 0 Å². The maximum absolute atomic E-state index is 13.2. The maximum Gasteiger partial charge on any atom is 0.243 e. The third-order valence-electron chi connectivity index (χ3n) is 5.82. The van der Waals surface area contributed by atoms with Crippen LogP contribution in [0.3, 0.4) is 0 Å². The van der Waals surface area contributed by atoms with Crippen LogP contribution in [0.5, 0.6) is 5.75 Å². The summed E-state index contributed by atoms with van der Waals surface area (Å²) in [4.78, 5) is 0.387. The fourth-order valence-corrected chi connectivity index (χ4v) is 5.84. The minimum absolute atomic E-state index is 0.124. The minimum Gasteiger partial charge on any atom is -0.488 e. The quantitative estimate of drug-likeness (QED) is 0.881. The molecule has 0 radical (unpaired) electrons. The molecule has 5 nitrogen and oxygen atoms in total. The molecule has 2 unspecified atom stereocenters. The van der Waals surface area contributed by atoms with Crippen LogP contribution < -0.4 is 10.1 Å². The van der Waals surface area contributed by atoms with Crippen molar-refractivity contribution in [2.24, 2.45) is 0 Å². The Morgan fingerprint density at radius 1 is 1.12 bits per heavy atom. The molecule has 3 aliphatic heterocycles. The second kappa shape index (κ2) is 6.08. The van der Waals surface area contributed by atoms with Crippen molar-refractivity contribution in [3.8, 4) is 5.75 Å². The minimum atomic E-state index is -3.50. The van der Waals surface area contributed by atoms with Gasteiger partial charge in [-0.1, -0.05) is 24.3 Å². The van der Waals surface area contributed by atoms with E-state index >= 15 is 0 Å². The van der Waals surface area contributed by atoms with Crippen molar-refractivity contribution >= 4 is 10.0 Å². The van der Waals surface area contributed by atoms with Crippen LogP contribution in [0, 0.1) is 0 Å². The lowest BCUT2D eigenvalue weighted by molar-refractivity contribution is 0.177. The van der Waals surface area contributed by atoms with Crippen molar-refractivity contribution in [1.82, 2.24) is 9.62 Å². The first-order valence-electron chi connectivity index (χ1n) is 9.21. The van der Waals surface area contributed by atoms with E-state index in [9.17, 15) is 8.42 Å². The molecule has 5 rings (SSSR count). The fourth-order valence-electron chi connectivity index (χ4n) is 4.38. The van der Waals surface area contributed by atoms with E-state index in [1.807, 2.05) is 30.3 Å². The highest BCUT2D eigenvalue weighted by molar-refractivity contribution is 7.89. The first kappa shape index (κ1) is 16.3. The summed E-state index contributed by atoms with van der Waals surface area (Å²) < 4.78 is 34.1. The number of rotatable bonds is 2. The summed E-state index contributed by atoms with van der Waals surface area (Å²) in [6, 6.07) is 13.5. The van der Waals surface area contributed by atoms with E-state index in [4.69, 9.17) is 4.74 Å². The van der Waals surface area contributed by atoms with Crippen LogP contribution in [-0.2, 0) is 23.0 Å². The van der Waals surface area contributed by atoms with Gasteiger partial charge in [-0.2, -0.15) is 4.31 Å². The van der Waals surface area contributed by atoms with Crippen molar-refractivity contribution in [3.05, 3.63) is 59.2 Å². The molecule has 1 saturated heterocycles. The van der Waals surface area contributed by atoms with Gasteiger partial charge in [-0.05, 0) is 48.7 Å². The van der Waals surface area contributed by atoms with Crippen molar-refractivity contribution in [3.63, 3.8) is 0 Å². The van der Waals surface area contributed by atoms with Crippen molar-refractivity contribution in [2.75, 3.05) is 19.6 Å². The topological polar surface area (TPSA) is 58.6 Å². The molecule has 26 heavy (non-hydrogen) atoms. The monoisotopic (exact) mass is 370 g/mol. The Balaban J connectivity index is 1.47. The SMILES string of the molecule is O=S(=O)(c1ccc2c(c1)C1CCNCC1O2)N1CCc2ccccc2C1. The molecule has 1 fully saturated rings. The normalized spacial score (nSPS) is 25.1. The predicted molar refractivity (Wildman–Crippen MR) is 98.8 cm³/mol. The third kappa shape index (κ3) is 2.55. The summed E-state index contributed by atoms with van der Waals surface area (Å²) in [6.45, 7) is 2.75. The Hall–Kier alpha value is -1.89. The number of piperidine rings is 1. The van der Waals surface area contributed by atoms with Crippen LogP contribution in [0.25, 0.3) is 0 Å². The van der Waals surface area contributed by atoms with Gasteiger partial charge >= 0.3 is 0 Å². The summed E-state index contributed by atoms with van der Waals surface area (Å²) in [6.07, 6.45) is 1.87. The van der Waals surface area contributed by atoms with Gasteiger partial charge in [-0.3, -0.25) is 0 Å². The zero-order valence-corrected chi connectivity index (χ0v) is 15.3. The van der Waals surface area contributed by atoms with E-state index < -0.39 is 10.0 Å². The Kier molecular flexibility index (Phi) is 3.81. The second-order valence-electron chi connectivity index (χ2n) is 7.31. The van der Waals surface area contributed by atoms with Crippen LogP contribution >= 0.6 is 0 Å². The molecule has 0 amide bonds.